The van der Waals surface area contributed by atoms with Crippen LogP contribution in [0.25, 0.3) is 10.8 Å². The summed E-state index contributed by atoms with van der Waals surface area (Å²) in [4.78, 5) is 4.02. The summed E-state index contributed by atoms with van der Waals surface area (Å²) in [5, 5.41) is 6.22. The lowest BCUT2D eigenvalue weighted by Gasteiger charge is -2.30. The molecule has 1 aliphatic rings. The maximum absolute atomic E-state index is 3.63. The van der Waals surface area contributed by atoms with Crippen molar-refractivity contribution in [1.82, 2.24) is 0 Å². The summed E-state index contributed by atoms with van der Waals surface area (Å²) >= 11 is 0. The number of nitrogens with zero attached hydrogens (tertiary/aromatic N) is 1. The average Bonchev–Trinajstić information content (AvgIpc) is 2.92. The van der Waals surface area contributed by atoms with E-state index in [1.807, 2.05) is 0 Å². The Bertz CT molecular complexity index is 1160. The molecule has 0 aromatic heterocycles. The van der Waals surface area contributed by atoms with E-state index in [2.05, 4.69) is 130 Å². The van der Waals surface area contributed by atoms with Crippen LogP contribution < -0.4 is 15.1 Å². The van der Waals surface area contributed by atoms with E-state index in [0.717, 1.165) is 32.7 Å². The van der Waals surface area contributed by atoms with Crippen molar-refractivity contribution in [2.24, 2.45) is 5.92 Å². The molecule has 0 bridgehead atoms. The number of hydrogen-bond acceptors (Lipinski definition) is 2. The molecule has 36 heavy (non-hydrogen) atoms. The summed E-state index contributed by atoms with van der Waals surface area (Å²) in [6, 6.07) is 23.3. The van der Waals surface area contributed by atoms with Crippen molar-refractivity contribution in [3.05, 3.63) is 96.1 Å². The van der Waals surface area contributed by atoms with E-state index in [9.17, 15) is 0 Å². The standard InChI is InChI=1S/C33H43N3/c1-6-34-32-24-28(23-27-13-11-12-14-31(27)32)33(25-15-19-29(20-16-25)35(7-2)8-3)26-17-21-30(22-18-26)36(9-4)10-5/h11-25,29,33-34H,6-10H2,1-5H3/p+1. The van der Waals surface area contributed by atoms with Gasteiger partial charge in [0.05, 0.1) is 13.1 Å². The van der Waals surface area contributed by atoms with Crippen LogP contribution in [0.1, 0.15) is 51.7 Å². The summed E-state index contributed by atoms with van der Waals surface area (Å²) in [5.41, 5.74) is 5.27. The fraction of sp³-hybridized carbons (Fsp3) is 0.394. The van der Waals surface area contributed by atoms with Crippen molar-refractivity contribution in [2.45, 2.75) is 46.6 Å². The van der Waals surface area contributed by atoms with Gasteiger partial charge in [0, 0.05) is 48.2 Å². The second-order valence-electron chi connectivity index (χ2n) is 9.80. The van der Waals surface area contributed by atoms with Crippen molar-refractivity contribution >= 4 is 22.1 Å². The van der Waals surface area contributed by atoms with E-state index in [4.69, 9.17) is 0 Å². The van der Waals surface area contributed by atoms with Crippen molar-refractivity contribution in [3.63, 3.8) is 0 Å². The van der Waals surface area contributed by atoms with Crippen molar-refractivity contribution in [1.29, 1.82) is 0 Å². The molecule has 1 unspecified atom stereocenters. The normalized spacial score (nSPS) is 18.1. The van der Waals surface area contributed by atoms with Gasteiger partial charge in [-0.3, -0.25) is 0 Å². The fourth-order valence-electron chi connectivity index (χ4n) is 5.81. The highest BCUT2D eigenvalue weighted by molar-refractivity contribution is 5.94. The third kappa shape index (κ3) is 5.52. The van der Waals surface area contributed by atoms with Crippen LogP contribution in [-0.4, -0.2) is 38.8 Å². The molecule has 0 fully saturated rings. The van der Waals surface area contributed by atoms with E-state index < -0.39 is 0 Å². The molecule has 3 aromatic carbocycles. The number of allylic oxidation sites excluding steroid dienone is 2. The van der Waals surface area contributed by atoms with E-state index in [1.54, 1.807) is 4.90 Å². The Hall–Kier alpha value is -3.04. The molecule has 0 saturated carbocycles. The van der Waals surface area contributed by atoms with Gasteiger partial charge >= 0.3 is 0 Å². The number of nitrogens with one attached hydrogen (secondary N) is 2. The first-order chi connectivity index (χ1) is 17.6. The largest absolute Gasteiger partial charge is 0.385 e. The second kappa shape index (κ2) is 12.3. The summed E-state index contributed by atoms with van der Waals surface area (Å²) in [7, 11) is 0. The van der Waals surface area contributed by atoms with Crippen LogP contribution in [0.5, 0.6) is 0 Å². The Kier molecular flexibility index (Phi) is 8.88. The van der Waals surface area contributed by atoms with Gasteiger partial charge in [0.25, 0.3) is 0 Å². The summed E-state index contributed by atoms with van der Waals surface area (Å²) in [6.45, 7) is 16.4. The minimum atomic E-state index is 0.262. The van der Waals surface area contributed by atoms with E-state index >= 15 is 0 Å². The van der Waals surface area contributed by atoms with Gasteiger partial charge in [0.15, 0.2) is 0 Å². The van der Waals surface area contributed by atoms with Crippen LogP contribution in [0.3, 0.4) is 0 Å². The molecule has 1 aliphatic carbocycles. The number of fused-ring (bicyclic) bond motifs is 1. The van der Waals surface area contributed by atoms with Gasteiger partial charge in [0.2, 0.25) is 0 Å². The van der Waals surface area contributed by atoms with Gasteiger partial charge in [-0.1, -0.05) is 54.6 Å². The third-order valence-electron chi connectivity index (χ3n) is 7.84. The van der Waals surface area contributed by atoms with Crippen LogP contribution in [-0.2, 0) is 0 Å². The molecule has 0 amide bonds. The lowest BCUT2D eigenvalue weighted by molar-refractivity contribution is -0.908. The summed E-state index contributed by atoms with van der Waals surface area (Å²) in [6.07, 6.45) is 9.80. The van der Waals surface area contributed by atoms with E-state index in [-0.39, 0.29) is 5.92 Å². The number of quaternary nitrogens is 1. The smallest absolute Gasteiger partial charge is 0.125 e. The molecule has 3 heteroatoms. The zero-order valence-corrected chi connectivity index (χ0v) is 22.8. The fourth-order valence-corrected chi connectivity index (χ4v) is 5.81. The molecular weight excluding hydrogens is 438 g/mol. The first-order valence-corrected chi connectivity index (χ1v) is 14.0. The molecule has 0 heterocycles. The Morgan fingerprint density at radius 3 is 2.06 bits per heavy atom. The minimum absolute atomic E-state index is 0.262. The number of benzene rings is 3. The SMILES string of the molecule is CCNc1cc(C(c2ccc(N(CC)CC)cc2)C2C=CC([NH+](CC)CC)C=C2)cc2ccccc12. The summed E-state index contributed by atoms with van der Waals surface area (Å²) < 4.78 is 0. The van der Waals surface area contributed by atoms with Crippen LogP contribution in [0.15, 0.2) is 85.0 Å². The average molecular weight is 483 g/mol. The lowest BCUT2D eigenvalue weighted by atomic mass is 9.77. The number of likely N-dealkylation sites (N-methyl/N-ethyl adjacent to an activating group) is 1. The number of rotatable bonds is 11. The van der Waals surface area contributed by atoms with Crippen molar-refractivity contribution in [2.75, 3.05) is 42.9 Å². The molecule has 3 nitrogen and oxygen atoms in total. The van der Waals surface area contributed by atoms with Gasteiger partial charge in [-0.25, -0.2) is 0 Å². The second-order valence-corrected chi connectivity index (χ2v) is 9.80. The Balaban J connectivity index is 1.78. The molecule has 0 spiro atoms. The summed E-state index contributed by atoms with van der Waals surface area (Å²) in [5.74, 6) is 0.587. The van der Waals surface area contributed by atoms with Gasteiger partial charge in [-0.05, 0) is 81.5 Å². The van der Waals surface area contributed by atoms with Gasteiger partial charge < -0.3 is 15.1 Å². The van der Waals surface area contributed by atoms with Crippen molar-refractivity contribution in [3.8, 4) is 0 Å². The topological polar surface area (TPSA) is 19.7 Å². The first kappa shape index (κ1) is 26.0. The lowest BCUT2D eigenvalue weighted by Crippen LogP contribution is -3.14. The number of anilines is 2. The van der Waals surface area contributed by atoms with Crippen molar-refractivity contribution < 1.29 is 4.90 Å². The molecule has 1 atom stereocenters. The quantitative estimate of drug-likeness (QED) is 0.313. The molecule has 0 radical (unpaired) electrons. The molecule has 190 valence electrons. The molecule has 4 rings (SSSR count). The highest BCUT2D eigenvalue weighted by atomic mass is 15.1. The highest BCUT2D eigenvalue weighted by Crippen LogP contribution is 2.39. The molecular formula is C33H44N3+. The highest BCUT2D eigenvalue weighted by Gasteiger charge is 2.26. The Morgan fingerprint density at radius 1 is 0.778 bits per heavy atom. The maximum atomic E-state index is 3.63. The van der Waals surface area contributed by atoms with Gasteiger partial charge in [-0.2, -0.15) is 0 Å². The van der Waals surface area contributed by atoms with E-state index in [0.29, 0.717) is 12.0 Å². The van der Waals surface area contributed by atoms with Gasteiger partial charge in [0.1, 0.15) is 6.04 Å². The van der Waals surface area contributed by atoms with E-state index in [1.165, 1.54) is 33.3 Å². The third-order valence-corrected chi connectivity index (χ3v) is 7.84. The maximum Gasteiger partial charge on any atom is 0.125 e. The molecule has 0 aliphatic heterocycles. The molecule has 0 saturated heterocycles. The van der Waals surface area contributed by atoms with Gasteiger partial charge in [-0.15, -0.1) is 0 Å². The minimum Gasteiger partial charge on any atom is -0.385 e. The number of hydrogen-bond donors (Lipinski definition) is 2. The van der Waals surface area contributed by atoms with Crippen LogP contribution in [0.4, 0.5) is 11.4 Å². The van der Waals surface area contributed by atoms with Crippen LogP contribution >= 0.6 is 0 Å². The zero-order valence-electron chi connectivity index (χ0n) is 22.8. The monoisotopic (exact) mass is 482 g/mol. The zero-order chi connectivity index (χ0) is 25.5. The van der Waals surface area contributed by atoms with Crippen LogP contribution in [0.2, 0.25) is 0 Å². The predicted molar refractivity (Wildman–Crippen MR) is 158 cm³/mol. The molecule has 3 aromatic rings. The van der Waals surface area contributed by atoms with Crippen LogP contribution in [0, 0.1) is 5.92 Å². The Morgan fingerprint density at radius 2 is 1.44 bits per heavy atom. The molecule has 2 N–H and O–H groups in total. The first-order valence-electron chi connectivity index (χ1n) is 14.0. The predicted octanol–water partition coefficient (Wildman–Crippen LogP) is 6.29. The Labute approximate surface area is 218 Å².